The molecule has 160 valence electrons. The van der Waals surface area contributed by atoms with Crippen molar-refractivity contribution in [2.45, 2.75) is 73.0 Å². The van der Waals surface area contributed by atoms with Crippen molar-refractivity contribution in [1.82, 2.24) is 5.32 Å². The Morgan fingerprint density at radius 3 is 2.19 bits per heavy atom. The molecule has 1 aromatic carbocycles. The number of benzene rings is 1. The maximum absolute atomic E-state index is 11.6. The molecule has 0 spiro atoms. The van der Waals surface area contributed by atoms with Gasteiger partial charge in [0, 0.05) is 9.40 Å². The molecular weight excluding hydrogens is 342 g/mol. The van der Waals surface area contributed by atoms with E-state index in [-0.39, 0.29) is 21.8 Å². The maximum atomic E-state index is 11.6. The lowest BCUT2D eigenvalue weighted by Gasteiger charge is -2.11. The summed E-state index contributed by atoms with van der Waals surface area (Å²) < 4.78 is 5.08. The summed E-state index contributed by atoms with van der Waals surface area (Å²) in [7, 11) is 0. The number of hydrogen-bond acceptors (Lipinski definition) is 5. The van der Waals surface area contributed by atoms with Crippen LogP contribution in [-0.2, 0) is 20.9 Å². The van der Waals surface area contributed by atoms with Crippen molar-refractivity contribution in [2.24, 2.45) is 5.73 Å². The molecule has 0 saturated heterocycles. The van der Waals surface area contributed by atoms with E-state index < -0.39 is 12.0 Å². The highest BCUT2D eigenvalue weighted by Gasteiger charge is 2.17. The maximum Gasteiger partial charge on any atom is 0.308 e. The molecule has 4 N–H and O–H groups in total. The highest BCUT2D eigenvalue weighted by molar-refractivity contribution is 5.86. The van der Waals surface area contributed by atoms with Gasteiger partial charge in [0.15, 0.2) is 0 Å². The van der Waals surface area contributed by atoms with Crippen molar-refractivity contribution in [1.29, 1.82) is 5.41 Å². The van der Waals surface area contributed by atoms with E-state index in [1.807, 2.05) is 51.1 Å². The summed E-state index contributed by atoms with van der Waals surface area (Å²) in [5.74, 6) is -0.776. The Hall–Kier alpha value is -2.21. The first-order chi connectivity index (χ1) is 13.0. The Kier molecular flexibility index (Phi) is 26.0. The lowest BCUT2D eigenvalue weighted by molar-refractivity contribution is -0.146. The highest BCUT2D eigenvalue weighted by atomic mass is 16.5. The molecule has 27 heavy (non-hydrogen) atoms. The predicted octanol–water partition coefficient (Wildman–Crippen LogP) is 4.56. The second kappa shape index (κ2) is 23.8. The number of hydrogen-bond donors (Lipinski definition) is 3. The van der Waals surface area contributed by atoms with E-state index in [1.54, 1.807) is 0 Å². The van der Waals surface area contributed by atoms with Crippen LogP contribution in [0.1, 0.15) is 68.7 Å². The molecule has 1 atom stereocenters. The average molecular weight is 386 g/mol. The summed E-state index contributed by atoms with van der Waals surface area (Å²) in [5, 5.41) is 8.19. The summed E-state index contributed by atoms with van der Waals surface area (Å²) >= 11 is 0. The van der Waals surface area contributed by atoms with Gasteiger partial charge >= 0.3 is 5.97 Å². The molecule has 1 unspecified atom stereocenters. The summed E-state index contributed by atoms with van der Waals surface area (Å²) in [6.45, 7) is 13.6. The van der Waals surface area contributed by atoms with Gasteiger partial charge in [-0.3, -0.25) is 9.59 Å². The van der Waals surface area contributed by atoms with Crippen molar-refractivity contribution in [2.75, 3.05) is 6.54 Å². The van der Waals surface area contributed by atoms with Crippen LogP contribution in [0.5, 0.6) is 0 Å². The van der Waals surface area contributed by atoms with Gasteiger partial charge in [0.05, 0.1) is 12.5 Å². The Bertz CT molecular complexity index is 464. The van der Waals surface area contributed by atoms with Crippen LogP contribution < -0.4 is 11.1 Å². The van der Waals surface area contributed by atoms with E-state index in [4.69, 9.17) is 15.9 Å². The molecule has 0 fully saturated rings. The molecule has 0 heterocycles. The third kappa shape index (κ3) is 20.0. The molecule has 0 aliphatic heterocycles. The van der Waals surface area contributed by atoms with Crippen LogP contribution in [0.2, 0.25) is 0 Å². The van der Waals surface area contributed by atoms with Crippen LogP contribution in [0.25, 0.3) is 0 Å². The minimum Gasteiger partial charge on any atom is -0.461 e. The van der Waals surface area contributed by atoms with Crippen molar-refractivity contribution in [3.63, 3.8) is 0 Å². The topological polar surface area (TPSA) is 105 Å². The first-order valence-corrected chi connectivity index (χ1v) is 9.63. The molecule has 1 amide bonds. The second-order valence-corrected chi connectivity index (χ2v) is 5.31. The zero-order valence-electron chi connectivity index (χ0n) is 17.7. The van der Waals surface area contributed by atoms with Gasteiger partial charge in [-0.05, 0) is 18.7 Å². The Morgan fingerprint density at radius 1 is 1.19 bits per heavy atom. The molecule has 1 aromatic rings. The molecule has 1 rings (SSSR count). The summed E-state index contributed by atoms with van der Waals surface area (Å²) in [6.07, 6.45) is 3.04. The summed E-state index contributed by atoms with van der Waals surface area (Å²) in [4.78, 5) is 23.2. The van der Waals surface area contributed by atoms with E-state index in [0.29, 0.717) is 6.54 Å². The second-order valence-electron chi connectivity index (χ2n) is 5.31. The van der Waals surface area contributed by atoms with E-state index in [9.17, 15) is 9.59 Å². The van der Waals surface area contributed by atoms with Crippen LogP contribution in [0.4, 0.5) is 0 Å². The molecule has 0 bridgehead atoms. The highest BCUT2D eigenvalue weighted by Crippen LogP contribution is 2.02. The van der Waals surface area contributed by atoms with Crippen LogP contribution in [0.3, 0.4) is 0 Å². The normalized spacial score (nSPS) is 9.70. The van der Waals surface area contributed by atoms with Gasteiger partial charge in [0.2, 0.25) is 5.91 Å². The number of rotatable bonds is 8. The van der Waals surface area contributed by atoms with E-state index >= 15 is 0 Å². The van der Waals surface area contributed by atoms with Crippen LogP contribution in [-0.4, -0.2) is 31.2 Å². The fourth-order valence-electron chi connectivity index (χ4n) is 1.59. The minimum absolute atomic E-state index is 0. The summed E-state index contributed by atoms with van der Waals surface area (Å²) in [5.41, 5.74) is 6.56. The number of nitrogens with one attached hydrogen (secondary N) is 2. The fraction of sp³-hybridized carbons (Fsp3) is 0.571. The quantitative estimate of drug-likeness (QED) is 0.346. The molecule has 0 aliphatic rings. The monoisotopic (exact) mass is 385 g/mol. The Balaban J connectivity index is -0.000000190. The Labute approximate surface area is 168 Å². The molecule has 0 aromatic heterocycles. The number of amides is 1. The van der Waals surface area contributed by atoms with Crippen molar-refractivity contribution in [3.05, 3.63) is 35.9 Å². The SMILES string of the molecule is C=N.CC.CCC.CCCCNC(=O)C(N)CC(=O)OCc1ccccc1.[HH].[HH]. The van der Waals surface area contributed by atoms with Gasteiger partial charge in [-0.25, -0.2) is 0 Å². The van der Waals surface area contributed by atoms with Gasteiger partial charge < -0.3 is 21.2 Å². The van der Waals surface area contributed by atoms with Gasteiger partial charge in [0.25, 0.3) is 0 Å². The van der Waals surface area contributed by atoms with E-state index in [2.05, 4.69) is 25.9 Å². The third-order valence-electron chi connectivity index (χ3n) is 2.80. The number of carbonyl (C=O) groups is 2. The van der Waals surface area contributed by atoms with Crippen molar-refractivity contribution in [3.8, 4) is 0 Å². The van der Waals surface area contributed by atoms with Gasteiger partial charge in [-0.2, -0.15) is 0 Å². The molecule has 6 heteroatoms. The smallest absolute Gasteiger partial charge is 0.308 e. The lowest BCUT2D eigenvalue weighted by atomic mass is 10.2. The van der Waals surface area contributed by atoms with Gasteiger partial charge in [-0.1, -0.05) is 77.8 Å². The van der Waals surface area contributed by atoms with Crippen molar-refractivity contribution >= 4 is 18.6 Å². The predicted molar refractivity (Wildman–Crippen MR) is 118 cm³/mol. The number of carbonyl (C=O) groups excluding carboxylic acids is 2. The number of ether oxygens (including phenoxy) is 1. The molecule has 0 radical (unpaired) electrons. The average Bonchev–Trinajstić information content (AvgIpc) is 2.71. The standard InChI is InChI=1S/C15H22N2O3.C3H8.C2H6.CH3N.2H2/c1-2-3-9-17-15(19)13(16)10-14(18)20-11-12-7-5-4-6-8-12;1-3-2;2*1-2;;/h4-8,13H,2-3,9-11,16H2,1H3,(H,17,19);3H2,1-2H3;1-2H3;2H,1H2;2*1H. The van der Waals surface area contributed by atoms with Gasteiger partial charge in [0.1, 0.15) is 6.61 Å². The zero-order chi connectivity index (χ0) is 21.5. The number of unbranched alkanes of at least 4 members (excludes halogenated alkanes) is 1. The first kappa shape index (κ1) is 29.5. The van der Waals surface area contributed by atoms with Gasteiger partial charge in [-0.15, -0.1) is 0 Å². The van der Waals surface area contributed by atoms with E-state index in [1.165, 1.54) is 6.42 Å². The van der Waals surface area contributed by atoms with Crippen LogP contribution in [0, 0.1) is 5.41 Å². The first-order valence-electron chi connectivity index (χ1n) is 9.63. The molecule has 0 aliphatic carbocycles. The number of esters is 1. The minimum atomic E-state index is -0.852. The summed E-state index contributed by atoms with van der Waals surface area (Å²) in [6, 6.07) is 8.51. The third-order valence-corrected chi connectivity index (χ3v) is 2.80. The van der Waals surface area contributed by atoms with Crippen LogP contribution >= 0.6 is 0 Å². The Morgan fingerprint density at radius 2 is 1.70 bits per heavy atom. The van der Waals surface area contributed by atoms with Crippen LogP contribution in [0.15, 0.2) is 30.3 Å². The zero-order valence-corrected chi connectivity index (χ0v) is 17.7. The van der Waals surface area contributed by atoms with E-state index in [0.717, 1.165) is 18.4 Å². The fourth-order valence-corrected chi connectivity index (χ4v) is 1.59. The largest absolute Gasteiger partial charge is 0.461 e. The number of nitrogens with two attached hydrogens (primary N) is 1. The lowest BCUT2D eigenvalue weighted by Crippen LogP contribution is -2.42. The molecular formula is C21H43N3O3. The molecule has 0 saturated carbocycles. The molecule has 6 nitrogen and oxygen atoms in total. The van der Waals surface area contributed by atoms with Crippen molar-refractivity contribution < 1.29 is 17.2 Å².